The molecule has 0 bridgehead atoms. The minimum atomic E-state index is -0.549. The number of carbonyl (C=O) groups excluding carboxylic acids is 2. The van der Waals surface area contributed by atoms with Crippen molar-refractivity contribution in [1.29, 1.82) is 0 Å². The normalized spacial score (nSPS) is 10.8. The largest absolute Gasteiger partial charge is 0.467 e. The summed E-state index contributed by atoms with van der Waals surface area (Å²) in [6.07, 6.45) is 1.64. The first-order valence-corrected chi connectivity index (χ1v) is 11.3. The Kier molecular flexibility index (Phi) is 7.21. The van der Waals surface area contributed by atoms with Crippen molar-refractivity contribution in [2.24, 2.45) is 0 Å². The zero-order chi connectivity index (χ0) is 23.0. The third-order valence-electron chi connectivity index (χ3n) is 4.83. The number of hydrogen-bond donors (Lipinski definition) is 2. The molecule has 0 radical (unpaired) electrons. The smallest absolute Gasteiger partial charge is 0.321 e. The van der Waals surface area contributed by atoms with Crippen LogP contribution in [0, 0.1) is 0 Å². The van der Waals surface area contributed by atoms with E-state index in [0.717, 1.165) is 5.56 Å². The molecule has 4 aromatic rings. The molecule has 0 fully saturated rings. The second kappa shape index (κ2) is 10.6. The van der Waals surface area contributed by atoms with E-state index in [2.05, 4.69) is 15.6 Å². The number of para-hydroxylation sites is 1. The summed E-state index contributed by atoms with van der Waals surface area (Å²) in [5.41, 5.74) is 1.35. The Hall–Kier alpha value is -3.85. The van der Waals surface area contributed by atoms with Crippen LogP contribution in [0.2, 0.25) is 0 Å². The van der Waals surface area contributed by atoms with E-state index >= 15 is 0 Å². The number of amides is 3. The van der Waals surface area contributed by atoms with Gasteiger partial charge in [-0.15, -0.1) is 0 Å². The van der Waals surface area contributed by atoms with Gasteiger partial charge in [0.1, 0.15) is 5.76 Å². The van der Waals surface area contributed by atoms with E-state index < -0.39 is 11.9 Å². The predicted octanol–water partition coefficient (Wildman–Crippen LogP) is 3.55. The fraction of sp³-hybridized carbons (Fsp3) is 0.167. The average molecular weight is 463 g/mol. The predicted molar refractivity (Wildman–Crippen MR) is 126 cm³/mol. The lowest BCUT2D eigenvalue weighted by atomic mass is 10.2. The standard InChI is InChI=1S/C24H22N4O4S/c29-21(27-23(31)25-15-17-7-2-1-3-8-17)12-14-33-24-26-20-11-5-4-10-19(20)22(30)28(24)16-18-9-6-13-32-18/h1-11,13H,12,14-16H2,(H2,25,27,29,31). The van der Waals surface area contributed by atoms with Gasteiger partial charge in [-0.3, -0.25) is 19.5 Å². The van der Waals surface area contributed by atoms with Crippen LogP contribution in [0.3, 0.4) is 0 Å². The summed E-state index contributed by atoms with van der Waals surface area (Å²) in [6.45, 7) is 0.564. The highest BCUT2D eigenvalue weighted by Crippen LogP contribution is 2.20. The van der Waals surface area contributed by atoms with Crippen molar-refractivity contribution in [1.82, 2.24) is 20.2 Å². The van der Waals surface area contributed by atoms with E-state index in [1.54, 1.807) is 36.6 Å². The third-order valence-corrected chi connectivity index (χ3v) is 5.81. The van der Waals surface area contributed by atoms with Crippen LogP contribution >= 0.6 is 11.8 Å². The molecule has 33 heavy (non-hydrogen) atoms. The van der Waals surface area contributed by atoms with Crippen molar-refractivity contribution < 1.29 is 14.0 Å². The van der Waals surface area contributed by atoms with Gasteiger partial charge in [-0.2, -0.15) is 0 Å². The number of nitrogens with one attached hydrogen (secondary N) is 2. The molecular weight excluding hydrogens is 440 g/mol. The summed E-state index contributed by atoms with van der Waals surface area (Å²) < 4.78 is 6.93. The molecule has 0 aliphatic carbocycles. The Morgan fingerprint density at radius 2 is 1.79 bits per heavy atom. The van der Waals surface area contributed by atoms with Crippen LogP contribution in [-0.2, 0) is 17.9 Å². The monoisotopic (exact) mass is 462 g/mol. The van der Waals surface area contributed by atoms with Crippen molar-refractivity contribution in [2.75, 3.05) is 5.75 Å². The van der Waals surface area contributed by atoms with Gasteiger partial charge in [0.25, 0.3) is 5.56 Å². The Morgan fingerprint density at radius 1 is 1.00 bits per heavy atom. The van der Waals surface area contributed by atoms with Gasteiger partial charge in [-0.25, -0.2) is 9.78 Å². The second-order valence-corrected chi connectivity index (χ2v) is 8.26. The molecule has 2 aromatic carbocycles. The van der Waals surface area contributed by atoms with E-state index in [4.69, 9.17) is 4.42 Å². The number of benzene rings is 2. The van der Waals surface area contributed by atoms with Crippen LogP contribution < -0.4 is 16.2 Å². The van der Waals surface area contributed by atoms with Crippen molar-refractivity contribution in [3.63, 3.8) is 0 Å². The molecule has 0 spiro atoms. The zero-order valence-corrected chi connectivity index (χ0v) is 18.5. The fourth-order valence-electron chi connectivity index (χ4n) is 3.20. The van der Waals surface area contributed by atoms with Gasteiger partial charge in [0.15, 0.2) is 5.16 Å². The van der Waals surface area contributed by atoms with Crippen LogP contribution in [0.5, 0.6) is 0 Å². The van der Waals surface area contributed by atoms with Gasteiger partial charge < -0.3 is 9.73 Å². The summed E-state index contributed by atoms with van der Waals surface area (Å²) in [4.78, 5) is 41.8. The first-order valence-electron chi connectivity index (χ1n) is 10.4. The van der Waals surface area contributed by atoms with Gasteiger partial charge >= 0.3 is 6.03 Å². The number of thioether (sulfide) groups is 1. The lowest BCUT2D eigenvalue weighted by molar-refractivity contribution is -0.119. The van der Waals surface area contributed by atoms with Crippen LogP contribution in [0.4, 0.5) is 4.79 Å². The topological polar surface area (TPSA) is 106 Å². The highest BCUT2D eigenvalue weighted by Gasteiger charge is 2.14. The van der Waals surface area contributed by atoms with E-state index in [9.17, 15) is 14.4 Å². The minimum Gasteiger partial charge on any atom is -0.467 e. The summed E-state index contributed by atoms with van der Waals surface area (Å²) in [5, 5.41) is 5.97. The Morgan fingerprint density at radius 3 is 2.58 bits per heavy atom. The Bertz CT molecular complexity index is 1300. The number of aromatic nitrogens is 2. The van der Waals surface area contributed by atoms with Gasteiger partial charge in [0, 0.05) is 18.7 Å². The van der Waals surface area contributed by atoms with Gasteiger partial charge in [-0.05, 0) is 29.8 Å². The molecular formula is C24H22N4O4S. The molecule has 0 saturated heterocycles. The van der Waals surface area contributed by atoms with Crippen LogP contribution in [0.1, 0.15) is 17.7 Å². The van der Waals surface area contributed by atoms with Gasteiger partial charge in [0.05, 0.1) is 23.7 Å². The second-order valence-electron chi connectivity index (χ2n) is 7.20. The lowest BCUT2D eigenvalue weighted by Crippen LogP contribution is -2.39. The minimum absolute atomic E-state index is 0.0902. The molecule has 0 aliphatic heterocycles. The summed E-state index contributed by atoms with van der Waals surface area (Å²) in [6, 6.07) is 19.6. The fourth-order valence-corrected chi connectivity index (χ4v) is 4.14. The molecule has 168 valence electrons. The molecule has 3 amide bonds. The molecule has 2 aromatic heterocycles. The quantitative estimate of drug-likeness (QED) is 0.306. The molecule has 0 unspecified atom stereocenters. The summed E-state index contributed by atoms with van der Waals surface area (Å²) in [5.74, 6) is 0.568. The van der Waals surface area contributed by atoms with Crippen molar-refractivity contribution in [3.05, 3.63) is 94.7 Å². The number of urea groups is 1. The number of furan rings is 1. The van der Waals surface area contributed by atoms with Crippen molar-refractivity contribution in [3.8, 4) is 0 Å². The molecule has 8 nitrogen and oxygen atoms in total. The number of nitrogens with zero attached hydrogens (tertiary/aromatic N) is 2. The van der Waals surface area contributed by atoms with Crippen molar-refractivity contribution >= 4 is 34.6 Å². The molecule has 4 rings (SSSR count). The van der Waals surface area contributed by atoms with E-state index in [-0.39, 0.29) is 18.5 Å². The van der Waals surface area contributed by atoms with E-state index in [1.807, 2.05) is 36.4 Å². The molecule has 0 aliphatic rings. The van der Waals surface area contributed by atoms with Gasteiger partial charge in [0.2, 0.25) is 5.91 Å². The number of imide groups is 1. The maximum Gasteiger partial charge on any atom is 0.321 e. The molecule has 0 atom stereocenters. The highest BCUT2D eigenvalue weighted by atomic mass is 32.2. The first-order chi connectivity index (χ1) is 16.1. The average Bonchev–Trinajstić information content (AvgIpc) is 3.34. The lowest BCUT2D eigenvalue weighted by Gasteiger charge is -2.12. The SMILES string of the molecule is O=C(CCSc1nc2ccccc2c(=O)n1Cc1ccco1)NC(=O)NCc1ccccc1. The van der Waals surface area contributed by atoms with Crippen LogP contribution in [-0.4, -0.2) is 27.2 Å². The highest BCUT2D eigenvalue weighted by molar-refractivity contribution is 7.99. The van der Waals surface area contributed by atoms with E-state index in [0.29, 0.717) is 34.1 Å². The van der Waals surface area contributed by atoms with Crippen molar-refractivity contribution in [2.45, 2.75) is 24.7 Å². The number of carbonyl (C=O) groups is 2. The summed E-state index contributed by atoms with van der Waals surface area (Å²) in [7, 11) is 0. The first kappa shape index (κ1) is 22.3. The Labute approximate surface area is 194 Å². The molecule has 0 saturated carbocycles. The zero-order valence-electron chi connectivity index (χ0n) is 17.7. The molecule has 2 N–H and O–H groups in total. The number of rotatable bonds is 8. The molecule has 9 heteroatoms. The summed E-state index contributed by atoms with van der Waals surface area (Å²) >= 11 is 1.28. The van der Waals surface area contributed by atoms with Crippen LogP contribution in [0.25, 0.3) is 10.9 Å². The number of fused-ring (bicyclic) bond motifs is 1. The van der Waals surface area contributed by atoms with E-state index in [1.165, 1.54) is 16.3 Å². The third kappa shape index (κ3) is 5.89. The Balaban J connectivity index is 1.37. The van der Waals surface area contributed by atoms with Gasteiger partial charge in [-0.1, -0.05) is 54.2 Å². The number of hydrogen-bond acceptors (Lipinski definition) is 6. The van der Waals surface area contributed by atoms with Crippen LogP contribution in [0.15, 0.2) is 87.4 Å². The maximum absolute atomic E-state index is 13.0. The maximum atomic E-state index is 13.0. The molecule has 2 heterocycles.